The van der Waals surface area contributed by atoms with Crippen molar-refractivity contribution in [2.75, 3.05) is 0 Å². The molecular formula is C14H15BrNO+. The Morgan fingerprint density at radius 2 is 1.88 bits per heavy atom. The van der Waals surface area contributed by atoms with Crippen molar-refractivity contribution in [3.8, 4) is 0 Å². The quantitative estimate of drug-likeness (QED) is 0.864. The first-order valence-corrected chi connectivity index (χ1v) is 6.33. The van der Waals surface area contributed by atoms with E-state index in [1.165, 1.54) is 0 Å². The molecule has 0 saturated heterocycles. The zero-order valence-electron chi connectivity index (χ0n) is 9.68. The molecule has 0 aliphatic rings. The highest BCUT2D eigenvalue weighted by atomic mass is 79.9. The summed E-state index contributed by atoms with van der Waals surface area (Å²) >= 11 is 3.39. The second-order valence-corrected chi connectivity index (χ2v) is 4.99. The van der Waals surface area contributed by atoms with Gasteiger partial charge in [0.15, 0.2) is 11.9 Å². The van der Waals surface area contributed by atoms with E-state index in [4.69, 9.17) is 0 Å². The molecule has 3 heteroatoms. The molecule has 0 saturated carbocycles. The van der Waals surface area contributed by atoms with Gasteiger partial charge in [0.25, 0.3) is 0 Å². The SMILES string of the molecule is C[n+]1ccccc1CC(O)c1ccc(Br)cc1. The molecule has 0 radical (unpaired) electrons. The molecule has 0 fully saturated rings. The minimum absolute atomic E-state index is 0.461. The number of hydrogen-bond donors (Lipinski definition) is 1. The van der Waals surface area contributed by atoms with Gasteiger partial charge in [-0.25, -0.2) is 4.57 Å². The summed E-state index contributed by atoms with van der Waals surface area (Å²) in [5, 5.41) is 10.2. The predicted molar refractivity (Wildman–Crippen MR) is 70.4 cm³/mol. The van der Waals surface area contributed by atoms with Crippen molar-refractivity contribution in [3.63, 3.8) is 0 Å². The van der Waals surface area contributed by atoms with Gasteiger partial charge in [0.2, 0.25) is 0 Å². The van der Waals surface area contributed by atoms with Gasteiger partial charge in [0.1, 0.15) is 7.05 Å². The van der Waals surface area contributed by atoms with Crippen molar-refractivity contribution in [2.24, 2.45) is 7.05 Å². The summed E-state index contributed by atoms with van der Waals surface area (Å²) in [6.07, 6.45) is 2.15. The lowest BCUT2D eigenvalue weighted by molar-refractivity contribution is -0.679. The summed E-state index contributed by atoms with van der Waals surface area (Å²) in [7, 11) is 1.99. The zero-order chi connectivity index (χ0) is 12.3. The standard InChI is InChI=1S/C14H15BrNO/c1-16-9-3-2-4-13(16)10-14(17)11-5-7-12(15)8-6-11/h2-9,14,17H,10H2,1H3/q+1. The molecule has 0 aliphatic heterocycles. The molecule has 0 aliphatic carbocycles. The fourth-order valence-electron chi connectivity index (χ4n) is 1.77. The number of pyridine rings is 1. The lowest BCUT2D eigenvalue weighted by atomic mass is 10.0. The van der Waals surface area contributed by atoms with Crippen LogP contribution in [-0.4, -0.2) is 5.11 Å². The second kappa shape index (κ2) is 5.43. The van der Waals surface area contributed by atoms with Gasteiger partial charge in [-0.1, -0.05) is 34.1 Å². The smallest absolute Gasteiger partial charge is 0.184 e. The molecule has 1 N–H and O–H groups in total. The third kappa shape index (κ3) is 3.14. The van der Waals surface area contributed by atoms with Gasteiger partial charge in [0, 0.05) is 16.6 Å². The molecule has 1 atom stereocenters. The highest BCUT2D eigenvalue weighted by Gasteiger charge is 2.13. The molecule has 1 aromatic carbocycles. The van der Waals surface area contributed by atoms with Crippen molar-refractivity contribution in [2.45, 2.75) is 12.5 Å². The Balaban J connectivity index is 2.14. The molecule has 1 aromatic heterocycles. The molecule has 0 spiro atoms. The maximum atomic E-state index is 10.2. The molecule has 1 heterocycles. The summed E-state index contributed by atoms with van der Waals surface area (Å²) in [5.74, 6) is 0. The highest BCUT2D eigenvalue weighted by Crippen LogP contribution is 2.19. The first-order chi connectivity index (χ1) is 8.16. The normalized spacial score (nSPS) is 12.4. The van der Waals surface area contributed by atoms with Crippen LogP contribution in [0.25, 0.3) is 0 Å². The Kier molecular flexibility index (Phi) is 3.92. The molecule has 1 unspecified atom stereocenters. The largest absolute Gasteiger partial charge is 0.388 e. The minimum Gasteiger partial charge on any atom is -0.388 e. The fraction of sp³-hybridized carbons (Fsp3) is 0.214. The van der Waals surface area contributed by atoms with E-state index in [1.54, 1.807) is 0 Å². The maximum Gasteiger partial charge on any atom is 0.184 e. The van der Waals surface area contributed by atoms with Crippen LogP contribution < -0.4 is 4.57 Å². The van der Waals surface area contributed by atoms with E-state index in [-0.39, 0.29) is 0 Å². The van der Waals surface area contributed by atoms with Gasteiger partial charge in [-0.3, -0.25) is 0 Å². The summed E-state index contributed by atoms with van der Waals surface area (Å²) in [6.45, 7) is 0. The predicted octanol–water partition coefficient (Wildman–Crippen LogP) is 2.55. The number of aliphatic hydroxyl groups excluding tert-OH is 1. The monoisotopic (exact) mass is 292 g/mol. The molecular weight excluding hydrogens is 278 g/mol. The summed E-state index contributed by atoms with van der Waals surface area (Å²) in [4.78, 5) is 0. The molecule has 0 amide bonds. The summed E-state index contributed by atoms with van der Waals surface area (Å²) < 4.78 is 3.06. The second-order valence-electron chi connectivity index (χ2n) is 4.07. The van der Waals surface area contributed by atoms with Crippen LogP contribution in [0.4, 0.5) is 0 Å². The number of aromatic nitrogens is 1. The van der Waals surface area contributed by atoms with Crippen molar-refractivity contribution < 1.29 is 9.67 Å². The fourth-order valence-corrected chi connectivity index (χ4v) is 2.04. The van der Waals surface area contributed by atoms with E-state index >= 15 is 0 Å². The van der Waals surface area contributed by atoms with Crippen LogP contribution >= 0.6 is 15.9 Å². The third-order valence-electron chi connectivity index (χ3n) is 2.82. The van der Waals surface area contributed by atoms with E-state index in [2.05, 4.69) is 15.9 Å². The van der Waals surface area contributed by atoms with Crippen LogP contribution in [0.2, 0.25) is 0 Å². The first kappa shape index (κ1) is 12.3. The number of hydrogen-bond acceptors (Lipinski definition) is 1. The van der Waals surface area contributed by atoms with E-state index in [9.17, 15) is 5.11 Å². The average Bonchev–Trinajstić information content (AvgIpc) is 2.33. The molecule has 2 nitrogen and oxygen atoms in total. The van der Waals surface area contributed by atoms with E-state index in [0.29, 0.717) is 6.42 Å². The molecule has 17 heavy (non-hydrogen) atoms. The van der Waals surface area contributed by atoms with Gasteiger partial charge < -0.3 is 5.11 Å². The number of aliphatic hydroxyl groups is 1. The van der Waals surface area contributed by atoms with Gasteiger partial charge in [-0.05, 0) is 17.7 Å². The van der Waals surface area contributed by atoms with Crippen molar-refractivity contribution in [1.29, 1.82) is 0 Å². The van der Waals surface area contributed by atoms with Crippen molar-refractivity contribution >= 4 is 15.9 Å². The van der Waals surface area contributed by atoms with Crippen LogP contribution in [0.1, 0.15) is 17.4 Å². The number of aryl methyl sites for hydroxylation is 1. The van der Waals surface area contributed by atoms with Crippen LogP contribution in [0, 0.1) is 0 Å². The molecule has 0 bridgehead atoms. The van der Waals surface area contributed by atoms with Gasteiger partial charge in [-0.15, -0.1) is 0 Å². The topological polar surface area (TPSA) is 24.1 Å². The molecule has 2 aromatic rings. The van der Waals surface area contributed by atoms with E-state index in [1.807, 2.05) is 60.3 Å². The maximum absolute atomic E-state index is 10.2. The van der Waals surface area contributed by atoms with Gasteiger partial charge in [0.05, 0.1) is 12.5 Å². The van der Waals surface area contributed by atoms with Gasteiger partial charge >= 0.3 is 0 Å². The Morgan fingerprint density at radius 3 is 2.53 bits per heavy atom. The van der Waals surface area contributed by atoms with E-state index in [0.717, 1.165) is 15.7 Å². The lowest BCUT2D eigenvalue weighted by Gasteiger charge is -2.09. The summed E-state index contributed by atoms with van der Waals surface area (Å²) in [5.41, 5.74) is 2.06. The Labute approximate surface area is 110 Å². The van der Waals surface area contributed by atoms with Crippen molar-refractivity contribution in [1.82, 2.24) is 0 Å². The van der Waals surface area contributed by atoms with Gasteiger partial charge in [-0.2, -0.15) is 0 Å². The lowest BCUT2D eigenvalue weighted by Crippen LogP contribution is -2.33. The Bertz CT molecular complexity index is 496. The number of halogens is 1. The Hall–Kier alpha value is -1.19. The van der Waals surface area contributed by atoms with Crippen LogP contribution in [0.15, 0.2) is 53.1 Å². The van der Waals surface area contributed by atoms with E-state index < -0.39 is 6.10 Å². The van der Waals surface area contributed by atoms with Crippen LogP contribution in [0.5, 0.6) is 0 Å². The third-order valence-corrected chi connectivity index (χ3v) is 3.35. The number of rotatable bonds is 3. The van der Waals surface area contributed by atoms with Crippen molar-refractivity contribution in [3.05, 3.63) is 64.4 Å². The Morgan fingerprint density at radius 1 is 1.18 bits per heavy atom. The molecule has 2 rings (SSSR count). The number of benzene rings is 1. The minimum atomic E-state index is -0.461. The molecule has 88 valence electrons. The summed E-state index contributed by atoms with van der Waals surface area (Å²) in [6, 6.07) is 13.8. The highest BCUT2D eigenvalue weighted by molar-refractivity contribution is 9.10. The van der Waals surface area contributed by atoms with Crippen LogP contribution in [-0.2, 0) is 13.5 Å². The first-order valence-electron chi connectivity index (χ1n) is 5.54. The van der Waals surface area contributed by atoms with Crippen LogP contribution in [0.3, 0.4) is 0 Å². The number of nitrogens with zero attached hydrogens (tertiary/aromatic N) is 1. The average molecular weight is 293 g/mol. The zero-order valence-corrected chi connectivity index (χ0v) is 11.3.